The molecule has 9 nitrogen and oxygen atoms in total. The first-order valence-electron chi connectivity index (χ1n) is 13.3. The maximum Gasteiger partial charge on any atom is 0.261 e. The van der Waals surface area contributed by atoms with Gasteiger partial charge in [0.1, 0.15) is 28.8 Å². The van der Waals surface area contributed by atoms with E-state index in [1.165, 1.54) is 12.1 Å². The summed E-state index contributed by atoms with van der Waals surface area (Å²) in [6, 6.07) is 5.86. The number of ether oxygens (including phenoxy) is 2. The Morgan fingerprint density at radius 2 is 2.00 bits per heavy atom. The number of pyridine rings is 1. The molecule has 214 valence electrons. The molecule has 2 amide bonds. The van der Waals surface area contributed by atoms with Crippen molar-refractivity contribution < 1.29 is 23.5 Å². The number of likely N-dealkylation sites (N-methyl/N-ethyl adjacent to an activating group) is 1. The molecule has 0 saturated carbocycles. The van der Waals surface area contributed by atoms with Crippen LogP contribution in [0.15, 0.2) is 36.9 Å². The van der Waals surface area contributed by atoms with E-state index in [9.17, 15) is 9.59 Å². The summed E-state index contributed by atoms with van der Waals surface area (Å²) in [4.78, 5) is 39.1. The molecule has 40 heavy (non-hydrogen) atoms. The van der Waals surface area contributed by atoms with E-state index in [4.69, 9.17) is 26.1 Å². The number of fused-ring (bicyclic) bond motifs is 2. The maximum atomic E-state index is 15.1. The highest BCUT2D eigenvalue weighted by atomic mass is 35.5. The molecule has 4 heterocycles. The molecule has 2 aromatic rings. The van der Waals surface area contributed by atoms with Crippen LogP contribution in [0.25, 0.3) is 11.3 Å². The number of aromatic nitrogens is 1. The molecular formula is C29H35ClFN5O4. The predicted molar refractivity (Wildman–Crippen MR) is 151 cm³/mol. The third-order valence-electron chi connectivity index (χ3n) is 8.35. The first kappa shape index (κ1) is 28.3. The van der Waals surface area contributed by atoms with Gasteiger partial charge in [-0.1, -0.05) is 30.3 Å². The second kappa shape index (κ2) is 10.6. The van der Waals surface area contributed by atoms with Gasteiger partial charge in [0.05, 0.1) is 29.4 Å². The van der Waals surface area contributed by atoms with E-state index in [0.717, 1.165) is 0 Å². The van der Waals surface area contributed by atoms with Crippen LogP contribution in [0.1, 0.15) is 24.2 Å². The number of methoxy groups -OCH3 is 1. The number of benzene rings is 1. The average Bonchev–Trinajstić information content (AvgIpc) is 3.11. The van der Waals surface area contributed by atoms with Gasteiger partial charge in [-0.15, -0.1) is 0 Å². The lowest BCUT2D eigenvalue weighted by Gasteiger charge is -2.40. The number of anilines is 1. The number of hydrogen-bond acceptors (Lipinski definition) is 7. The summed E-state index contributed by atoms with van der Waals surface area (Å²) in [6.45, 7) is 9.29. The smallest absolute Gasteiger partial charge is 0.261 e. The van der Waals surface area contributed by atoms with E-state index in [0.29, 0.717) is 32.0 Å². The summed E-state index contributed by atoms with van der Waals surface area (Å²) in [7, 11) is 5.65. The topological polar surface area (TPSA) is 78.5 Å². The van der Waals surface area contributed by atoms with Gasteiger partial charge in [0.25, 0.3) is 5.91 Å². The monoisotopic (exact) mass is 571 g/mol. The molecule has 2 fully saturated rings. The van der Waals surface area contributed by atoms with Crippen LogP contribution in [-0.2, 0) is 9.53 Å². The molecular weight excluding hydrogens is 537 g/mol. The second-order valence-corrected chi connectivity index (χ2v) is 11.6. The van der Waals surface area contributed by atoms with Crippen LogP contribution in [0.2, 0.25) is 5.02 Å². The van der Waals surface area contributed by atoms with Crippen molar-refractivity contribution in [1.82, 2.24) is 19.7 Å². The summed E-state index contributed by atoms with van der Waals surface area (Å²) in [6.07, 6.45) is 1.06. The van der Waals surface area contributed by atoms with Crippen molar-refractivity contribution >= 4 is 29.2 Å². The Kier molecular flexibility index (Phi) is 7.54. The number of piperazine rings is 1. The molecule has 11 heteroatoms. The molecule has 0 radical (unpaired) electrons. The third-order valence-corrected chi connectivity index (χ3v) is 8.70. The average molecular weight is 572 g/mol. The minimum Gasteiger partial charge on any atom is -0.489 e. The second-order valence-electron chi connectivity index (χ2n) is 11.2. The maximum absolute atomic E-state index is 15.1. The Bertz CT molecular complexity index is 1350. The van der Waals surface area contributed by atoms with Gasteiger partial charge in [-0.3, -0.25) is 9.59 Å². The summed E-state index contributed by atoms with van der Waals surface area (Å²) in [5, 5.41) is 0.0699. The quantitative estimate of drug-likeness (QED) is 0.510. The van der Waals surface area contributed by atoms with E-state index in [2.05, 4.69) is 11.5 Å². The van der Waals surface area contributed by atoms with Crippen molar-refractivity contribution in [3.63, 3.8) is 0 Å². The fourth-order valence-corrected chi connectivity index (χ4v) is 6.48. The van der Waals surface area contributed by atoms with Gasteiger partial charge in [-0.2, -0.15) is 0 Å². The van der Waals surface area contributed by atoms with Crippen LogP contribution in [0.5, 0.6) is 5.75 Å². The first-order valence-corrected chi connectivity index (χ1v) is 13.7. The molecule has 1 aromatic heterocycles. The predicted octanol–water partition coefficient (Wildman–Crippen LogP) is 3.32. The van der Waals surface area contributed by atoms with Crippen LogP contribution in [0.4, 0.5) is 10.2 Å². The van der Waals surface area contributed by atoms with Gasteiger partial charge in [-0.05, 0) is 46.2 Å². The Morgan fingerprint density at radius 1 is 1.27 bits per heavy atom. The van der Waals surface area contributed by atoms with E-state index >= 15 is 4.39 Å². The van der Waals surface area contributed by atoms with Gasteiger partial charge in [0.2, 0.25) is 5.91 Å². The number of hydrogen-bond donors (Lipinski definition) is 0. The van der Waals surface area contributed by atoms with Crippen LogP contribution < -0.4 is 9.64 Å². The van der Waals surface area contributed by atoms with Crippen LogP contribution in [0, 0.1) is 5.82 Å². The zero-order valence-corrected chi connectivity index (χ0v) is 24.2. The van der Waals surface area contributed by atoms with Crippen molar-refractivity contribution in [3.05, 3.63) is 53.3 Å². The highest BCUT2D eigenvalue weighted by Crippen LogP contribution is 2.47. The van der Waals surface area contributed by atoms with E-state index < -0.39 is 17.4 Å². The van der Waals surface area contributed by atoms with Crippen LogP contribution in [0.3, 0.4) is 0 Å². The zero-order valence-electron chi connectivity index (χ0n) is 23.5. The molecule has 5 rings (SSSR count). The molecule has 2 saturated heterocycles. The van der Waals surface area contributed by atoms with Crippen molar-refractivity contribution in [2.45, 2.75) is 37.6 Å². The molecule has 1 aromatic carbocycles. The Labute approximate surface area is 239 Å². The Balaban J connectivity index is 1.70. The summed E-state index contributed by atoms with van der Waals surface area (Å²) >= 11 is 6.90. The molecule has 1 unspecified atom stereocenters. The lowest BCUT2D eigenvalue weighted by molar-refractivity contribution is -0.128. The number of carbonyl (C=O) groups excluding carboxylic acids is 2. The summed E-state index contributed by atoms with van der Waals surface area (Å²) in [5.41, 5.74) is 0.0502. The highest BCUT2D eigenvalue weighted by molar-refractivity contribution is 6.35. The molecule has 0 bridgehead atoms. The van der Waals surface area contributed by atoms with Gasteiger partial charge in [0, 0.05) is 38.9 Å². The Hall–Kier alpha value is -3.21. The molecule has 3 aliphatic rings. The van der Waals surface area contributed by atoms with Gasteiger partial charge in [0.15, 0.2) is 5.75 Å². The Morgan fingerprint density at radius 3 is 2.62 bits per heavy atom. The molecule has 0 aliphatic carbocycles. The number of nitrogens with zero attached hydrogens (tertiary/aromatic N) is 5. The first-order chi connectivity index (χ1) is 19.0. The molecule has 3 atom stereocenters. The van der Waals surface area contributed by atoms with E-state index in [-0.39, 0.29) is 58.2 Å². The largest absolute Gasteiger partial charge is 0.489 e. The molecule has 3 aliphatic heterocycles. The SMILES string of the molecule is C=CC(=O)N1CCN2C(=O)c3c(N4C[C@H](N(C)C)C(OC)C4(C)C)nc(-c4ccccc4F)c(Cl)c3OC[C@H]2C1. The van der Waals surface area contributed by atoms with Gasteiger partial charge in [-0.25, -0.2) is 9.37 Å². The number of amides is 2. The highest BCUT2D eigenvalue weighted by Gasteiger charge is 2.52. The lowest BCUT2D eigenvalue weighted by Crippen LogP contribution is -2.57. The fourth-order valence-electron chi connectivity index (χ4n) is 6.18. The van der Waals surface area contributed by atoms with E-state index in [1.54, 1.807) is 35.1 Å². The number of halogens is 2. The van der Waals surface area contributed by atoms with Crippen molar-refractivity contribution in [2.24, 2.45) is 0 Å². The molecule has 0 N–H and O–H groups in total. The summed E-state index contributed by atoms with van der Waals surface area (Å²) < 4.78 is 27.3. The van der Waals surface area contributed by atoms with Crippen LogP contribution >= 0.6 is 11.6 Å². The lowest BCUT2D eigenvalue weighted by atomic mass is 9.95. The fraction of sp³-hybridized carbons (Fsp3) is 0.483. The van der Waals surface area contributed by atoms with Crippen LogP contribution in [-0.4, -0.2) is 109 Å². The minimum absolute atomic E-state index is 0.00644. The third kappa shape index (κ3) is 4.52. The summed E-state index contributed by atoms with van der Waals surface area (Å²) in [5.74, 6) is -0.436. The van der Waals surface area contributed by atoms with Crippen molar-refractivity contribution in [2.75, 3.05) is 58.9 Å². The van der Waals surface area contributed by atoms with E-state index in [1.807, 2.05) is 32.8 Å². The number of rotatable bonds is 5. The van der Waals surface area contributed by atoms with Crippen molar-refractivity contribution in [3.8, 4) is 17.0 Å². The normalized spacial score (nSPS) is 23.9. The number of carbonyl (C=O) groups is 2. The van der Waals surface area contributed by atoms with Crippen molar-refractivity contribution in [1.29, 1.82) is 0 Å². The minimum atomic E-state index is -0.591. The zero-order chi connectivity index (χ0) is 28.9. The van der Waals surface area contributed by atoms with Gasteiger partial charge < -0.3 is 29.1 Å². The standard InChI is InChI=1S/C29H35ClFN5O4/c1-7-21(37)34-12-13-35-17(14-34)16-40-25-22(28(35)38)27(32-24(23(25)30)18-10-8-9-11-19(18)31)36-15-20(33(4)5)26(39-6)29(36,2)3/h7-11,17,20,26H,1,12-16H2,2-6H3/t17-,20+,26?/m1/s1. The van der Waals surface area contributed by atoms with Gasteiger partial charge >= 0.3 is 0 Å². The molecule has 0 spiro atoms.